The lowest BCUT2D eigenvalue weighted by atomic mass is 9.97. The number of halogens is 3. The molecule has 2 aromatic carbocycles. The molecule has 146 valence electrons. The summed E-state index contributed by atoms with van der Waals surface area (Å²) in [5.74, 6) is 1.27. The Kier molecular flexibility index (Phi) is 8.24. The van der Waals surface area contributed by atoms with Crippen molar-refractivity contribution in [3.05, 3.63) is 58.1 Å². The molecule has 0 saturated carbocycles. The van der Waals surface area contributed by atoms with E-state index in [-0.39, 0.29) is 18.3 Å². The molecule has 1 aliphatic heterocycles. The largest absolute Gasteiger partial charge is 0.455 e. The summed E-state index contributed by atoms with van der Waals surface area (Å²) in [6.07, 6.45) is 2.11. The molecule has 0 bridgehead atoms. The molecule has 2 aromatic rings. The minimum Gasteiger partial charge on any atom is -0.455 e. The Morgan fingerprint density at radius 3 is 2.59 bits per heavy atom. The molecule has 1 amide bonds. The van der Waals surface area contributed by atoms with E-state index >= 15 is 0 Å². The second-order valence-electron chi connectivity index (χ2n) is 6.46. The standard InChI is InChI=1S/C20H22Cl2N2O2.ClH/c1-23-12-14-6-5-11-24(13-14)20(25)19-16(22)8-4-10-18(19)26-17-9-3-2-7-15(17)21;/h2-4,7-10,14,23H,5-6,11-13H2,1H3;1H. The van der Waals surface area contributed by atoms with E-state index in [0.29, 0.717) is 33.0 Å². The Labute approximate surface area is 176 Å². The highest BCUT2D eigenvalue weighted by atomic mass is 35.5. The number of hydrogen-bond donors (Lipinski definition) is 1. The van der Waals surface area contributed by atoms with Crippen LogP contribution in [0.3, 0.4) is 0 Å². The van der Waals surface area contributed by atoms with Gasteiger partial charge in [0.2, 0.25) is 0 Å². The zero-order valence-corrected chi connectivity index (χ0v) is 17.4. The predicted molar refractivity (Wildman–Crippen MR) is 113 cm³/mol. The Morgan fingerprint density at radius 2 is 1.85 bits per heavy atom. The number of piperidine rings is 1. The maximum atomic E-state index is 13.2. The van der Waals surface area contributed by atoms with Crippen LogP contribution in [0, 0.1) is 5.92 Å². The number of amides is 1. The maximum absolute atomic E-state index is 13.2. The predicted octanol–water partition coefficient (Wildman–Crippen LogP) is 5.28. The van der Waals surface area contributed by atoms with Gasteiger partial charge in [0.1, 0.15) is 17.1 Å². The Balaban J connectivity index is 0.00000261. The van der Waals surface area contributed by atoms with Gasteiger partial charge in [0.05, 0.1) is 10.0 Å². The lowest BCUT2D eigenvalue weighted by molar-refractivity contribution is 0.0672. The van der Waals surface area contributed by atoms with Crippen molar-refractivity contribution in [2.24, 2.45) is 5.92 Å². The van der Waals surface area contributed by atoms with Gasteiger partial charge in [-0.1, -0.05) is 41.4 Å². The summed E-state index contributed by atoms with van der Waals surface area (Å²) >= 11 is 12.6. The molecule has 1 heterocycles. The number of ether oxygens (including phenoxy) is 1. The summed E-state index contributed by atoms with van der Waals surface area (Å²) in [6, 6.07) is 12.4. The van der Waals surface area contributed by atoms with Crippen LogP contribution in [0.25, 0.3) is 0 Å². The minimum atomic E-state index is -0.0987. The summed E-state index contributed by atoms with van der Waals surface area (Å²) in [7, 11) is 1.93. The zero-order valence-electron chi connectivity index (χ0n) is 15.1. The van der Waals surface area contributed by atoms with Gasteiger partial charge in [0, 0.05) is 13.1 Å². The first-order valence-electron chi connectivity index (χ1n) is 8.75. The van der Waals surface area contributed by atoms with Gasteiger partial charge >= 0.3 is 0 Å². The van der Waals surface area contributed by atoms with Crippen molar-refractivity contribution in [1.82, 2.24) is 10.2 Å². The molecule has 1 N–H and O–H groups in total. The third-order valence-electron chi connectivity index (χ3n) is 4.54. The average Bonchev–Trinajstić information content (AvgIpc) is 2.64. The second-order valence-corrected chi connectivity index (χ2v) is 7.28. The first-order valence-corrected chi connectivity index (χ1v) is 9.50. The Hall–Kier alpha value is -1.46. The van der Waals surface area contributed by atoms with Crippen LogP contribution < -0.4 is 10.1 Å². The number of benzene rings is 2. The number of nitrogens with zero attached hydrogens (tertiary/aromatic N) is 1. The topological polar surface area (TPSA) is 41.6 Å². The average molecular weight is 430 g/mol. The van der Waals surface area contributed by atoms with Crippen molar-refractivity contribution < 1.29 is 9.53 Å². The highest BCUT2D eigenvalue weighted by Gasteiger charge is 2.28. The van der Waals surface area contributed by atoms with Crippen molar-refractivity contribution >= 4 is 41.5 Å². The van der Waals surface area contributed by atoms with Crippen molar-refractivity contribution in [3.63, 3.8) is 0 Å². The first kappa shape index (κ1) is 21.8. The van der Waals surface area contributed by atoms with Gasteiger partial charge < -0.3 is 15.0 Å². The van der Waals surface area contributed by atoms with E-state index in [1.165, 1.54) is 0 Å². The van der Waals surface area contributed by atoms with E-state index in [4.69, 9.17) is 27.9 Å². The molecule has 1 unspecified atom stereocenters. The lowest BCUT2D eigenvalue weighted by Gasteiger charge is -2.33. The molecule has 7 heteroatoms. The third-order valence-corrected chi connectivity index (χ3v) is 5.17. The summed E-state index contributed by atoms with van der Waals surface area (Å²) in [4.78, 5) is 15.0. The molecule has 1 fully saturated rings. The van der Waals surface area contributed by atoms with Crippen LogP contribution in [0.2, 0.25) is 10.0 Å². The van der Waals surface area contributed by atoms with Gasteiger partial charge in [-0.2, -0.15) is 0 Å². The Bertz CT molecular complexity index is 784. The van der Waals surface area contributed by atoms with E-state index in [0.717, 1.165) is 32.5 Å². The maximum Gasteiger partial charge on any atom is 0.259 e. The fourth-order valence-corrected chi connectivity index (χ4v) is 3.73. The lowest BCUT2D eigenvalue weighted by Crippen LogP contribution is -2.42. The fraction of sp³-hybridized carbons (Fsp3) is 0.350. The highest BCUT2D eigenvalue weighted by Crippen LogP contribution is 2.35. The Morgan fingerprint density at radius 1 is 1.15 bits per heavy atom. The molecule has 0 aromatic heterocycles. The SMILES string of the molecule is CNCC1CCCN(C(=O)c2c(Cl)cccc2Oc2ccccc2Cl)C1.Cl. The van der Waals surface area contributed by atoms with E-state index < -0.39 is 0 Å². The highest BCUT2D eigenvalue weighted by molar-refractivity contribution is 6.34. The van der Waals surface area contributed by atoms with Crippen LogP contribution in [0.4, 0.5) is 0 Å². The number of nitrogens with one attached hydrogen (secondary N) is 1. The van der Waals surface area contributed by atoms with E-state index in [9.17, 15) is 4.79 Å². The summed E-state index contributed by atoms with van der Waals surface area (Å²) in [6.45, 7) is 2.35. The van der Waals surface area contributed by atoms with Crippen LogP contribution in [0.5, 0.6) is 11.5 Å². The summed E-state index contributed by atoms with van der Waals surface area (Å²) < 4.78 is 5.93. The first-order chi connectivity index (χ1) is 12.6. The molecule has 0 aliphatic carbocycles. The molecule has 1 saturated heterocycles. The molecule has 27 heavy (non-hydrogen) atoms. The second kappa shape index (κ2) is 10.2. The number of hydrogen-bond acceptors (Lipinski definition) is 3. The van der Waals surface area contributed by atoms with E-state index in [2.05, 4.69) is 5.32 Å². The number of carbonyl (C=O) groups is 1. The number of para-hydroxylation sites is 1. The van der Waals surface area contributed by atoms with Crippen molar-refractivity contribution in [2.45, 2.75) is 12.8 Å². The molecular weight excluding hydrogens is 407 g/mol. The van der Waals surface area contributed by atoms with E-state index in [1.54, 1.807) is 30.3 Å². The van der Waals surface area contributed by atoms with Crippen molar-refractivity contribution in [3.8, 4) is 11.5 Å². The van der Waals surface area contributed by atoms with Crippen molar-refractivity contribution in [1.29, 1.82) is 0 Å². The molecule has 1 aliphatic rings. The number of carbonyl (C=O) groups excluding carboxylic acids is 1. The molecule has 4 nitrogen and oxygen atoms in total. The van der Waals surface area contributed by atoms with Crippen LogP contribution in [-0.4, -0.2) is 37.5 Å². The summed E-state index contributed by atoms with van der Waals surface area (Å²) in [5, 5.41) is 4.06. The van der Waals surface area contributed by atoms with E-state index in [1.807, 2.05) is 24.1 Å². The minimum absolute atomic E-state index is 0. The zero-order chi connectivity index (χ0) is 18.5. The van der Waals surface area contributed by atoms with Gasteiger partial charge in [0.15, 0.2) is 0 Å². The van der Waals surface area contributed by atoms with Crippen LogP contribution in [-0.2, 0) is 0 Å². The van der Waals surface area contributed by atoms with Gasteiger partial charge in [0.25, 0.3) is 5.91 Å². The van der Waals surface area contributed by atoms with Gasteiger partial charge in [-0.3, -0.25) is 4.79 Å². The smallest absolute Gasteiger partial charge is 0.259 e. The van der Waals surface area contributed by atoms with Gasteiger partial charge in [-0.05, 0) is 56.6 Å². The molecule has 3 rings (SSSR count). The quantitative estimate of drug-likeness (QED) is 0.703. The number of likely N-dealkylation sites (tertiary alicyclic amines) is 1. The number of rotatable bonds is 5. The fourth-order valence-electron chi connectivity index (χ4n) is 3.31. The van der Waals surface area contributed by atoms with Crippen LogP contribution >= 0.6 is 35.6 Å². The molecular formula is C20H23Cl3N2O2. The van der Waals surface area contributed by atoms with Gasteiger partial charge in [-0.15, -0.1) is 12.4 Å². The van der Waals surface area contributed by atoms with Gasteiger partial charge in [-0.25, -0.2) is 0 Å². The van der Waals surface area contributed by atoms with Crippen LogP contribution in [0.15, 0.2) is 42.5 Å². The normalized spacial score (nSPS) is 16.6. The summed E-state index contributed by atoms with van der Waals surface area (Å²) in [5.41, 5.74) is 0.388. The molecule has 0 spiro atoms. The van der Waals surface area contributed by atoms with Crippen LogP contribution in [0.1, 0.15) is 23.2 Å². The third kappa shape index (κ3) is 5.29. The monoisotopic (exact) mass is 428 g/mol. The van der Waals surface area contributed by atoms with Crippen molar-refractivity contribution in [2.75, 3.05) is 26.7 Å². The molecule has 0 radical (unpaired) electrons. The molecule has 1 atom stereocenters.